The summed E-state index contributed by atoms with van der Waals surface area (Å²) in [6, 6.07) is 3.50. The highest BCUT2D eigenvalue weighted by Gasteiger charge is 2.08. The van der Waals surface area contributed by atoms with Crippen LogP contribution in [-0.2, 0) is 6.54 Å². The summed E-state index contributed by atoms with van der Waals surface area (Å²) in [5.41, 5.74) is 6.20. The molecule has 0 saturated carbocycles. The number of nitrogens with zero attached hydrogens (tertiary/aromatic N) is 3. The lowest BCUT2D eigenvalue weighted by Crippen LogP contribution is -2.21. The third kappa shape index (κ3) is 2.47. The molecule has 0 bridgehead atoms. The largest absolute Gasteiger partial charge is 0.397 e. The lowest BCUT2D eigenvalue weighted by Gasteiger charge is -2.05. The fraction of sp³-hybridized carbons (Fsp3) is 0.182. The highest BCUT2D eigenvalue weighted by molar-refractivity contribution is 7.99. The quantitative estimate of drug-likeness (QED) is 0.888. The van der Waals surface area contributed by atoms with Crippen LogP contribution in [-0.4, -0.2) is 14.5 Å². The van der Waals surface area contributed by atoms with E-state index < -0.39 is 0 Å². The highest BCUT2D eigenvalue weighted by atomic mass is 32.2. The molecule has 2 N–H and O–H groups in total. The number of aromatic nitrogens is 3. The lowest BCUT2D eigenvalue weighted by atomic mass is 10.4. The van der Waals surface area contributed by atoms with Crippen LogP contribution in [0.4, 0.5) is 5.69 Å². The molecule has 0 aliphatic carbocycles. The molecule has 2 aromatic rings. The molecule has 88 valence electrons. The second-order valence-electron chi connectivity index (χ2n) is 3.32. The fourth-order valence-electron chi connectivity index (χ4n) is 1.33. The van der Waals surface area contributed by atoms with E-state index in [1.165, 1.54) is 11.8 Å². The molecular weight excluding hydrogens is 236 g/mol. The van der Waals surface area contributed by atoms with Gasteiger partial charge in [-0.15, -0.1) is 0 Å². The van der Waals surface area contributed by atoms with E-state index in [0.717, 1.165) is 0 Å². The molecule has 0 aromatic carbocycles. The average Bonchev–Trinajstić information content (AvgIpc) is 2.34. The van der Waals surface area contributed by atoms with Crippen molar-refractivity contribution in [3.63, 3.8) is 0 Å². The van der Waals surface area contributed by atoms with Crippen LogP contribution in [0.15, 0.2) is 45.6 Å². The van der Waals surface area contributed by atoms with Gasteiger partial charge in [0.2, 0.25) is 0 Å². The SMILES string of the molecule is CCn1ccnc(Sc2ncccc2N)c1=O. The molecule has 5 nitrogen and oxygen atoms in total. The molecule has 0 atom stereocenters. The van der Waals surface area contributed by atoms with Crippen LogP contribution in [0.5, 0.6) is 0 Å². The van der Waals surface area contributed by atoms with Gasteiger partial charge in [-0.1, -0.05) is 0 Å². The number of rotatable bonds is 3. The number of aryl methyl sites for hydroxylation is 1. The maximum absolute atomic E-state index is 11.9. The first kappa shape index (κ1) is 11.7. The third-order valence-corrected chi connectivity index (χ3v) is 3.22. The van der Waals surface area contributed by atoms with Crippen molar-refractivity contribution >= 4 is 17.4 Å². The van der Waals surface area contributed by atoms with Gasteiger partial charge >= 0.3 is 0 Å². The van der Waals surface area contributed by atoms with Crippen LogP contribution in [0.3, 0.4) is 0 Å². The van der Waals surface area contributed by atoms with Gasteiger partial charge in [0.05, 0.1) is 5.69 Å². The molecule has 0 aliphatic heterocycles. The Morgan fingerprint density at radius 3 is 2.82 bits per heavy atom. The maximum atomic E-state index is 11.9. The number of pyridine rings is 1. The molecule has 6 heteroatoms. The van der Waals surface area contributed by atoms with Gasteiger partial charge in [0.15, 0.2) is 5.03 Å². The zero-order chi connectivity index (χ0) is 12.3. The predicted octanol–water partition coefficient (Wildman–Crippen LogP) is 1.39. The smallest absolute Gasteiger partial charge is 0.283 e. The van der Waals surface area contributed by atoms with E-state index in [1.807, 2.05) is 6.92 Å². The van der Waals surface area contributed by atoms with Crippen LogP contribution in [0.25, 0.3) is 0 Å². The van der Waals surface area contributed by atoms with Crippen molar-refractivity contribution in [1.29, 1.82) is 0 Å². The van der Waals surface area contributed by atoms with Crippen molar-refractivity contribution in [1.82, 2.24) is 14.5 Å². The highest BCUT2D eigenvalue weighted by Crippen LogP contribution is 2.25. The zero-order valence-corrected chi connectivity index (χ0v) is 10.1. The van der Waals surface area contributed by atoms with E-state index in [-0.39, 0.29) is 5.56 Å². The molecule has 0 amide bonds. The first-order valence-electron chi connectivity index (χ1n) is 5.16. The first-order chi connectivity index (χ1) is 8.22. The lowest BCUT2D eigenvalue weighted by molar-refractivity contribution is 0.692. The summed E-state index contributed by atoms with van der Waals surface area (Å²) in [6.07, 6.45) is 4.90. The predicted molar refractivity (Wildman–Crippen MR) is 66.9 cm³/mol. The van der Waals surface area contributed by atoms with Crippen molar-refractivity contribution < 1.29 is 0 Å². The van der Waals surface area contributed by atoms with Crippen LogP contribution >= 0.6 is 11.8 Å². The second kappa shape index (κ2) is 5.01. The summed E-state index contributed by atoms with van der Waals surface area (Å²) >= 11 is 1.19. The Labute approximate surface area is 103 Å². The number of nitrogens with two attached hydrogens (primary N) is 1. The Hall–Kier alpha value is -1.82. The summed E-state index contributed by atoms with van der Waals surface area (Å²) in [6.45, 7) is 2.53. The van der Waals surface area contributed by atoms with Gasteiger partial charge in [0, 0.05) is 25.1 Å². The molecule has 2 rings (SSSR count). The van der Waals surface area contributed by atoms with Crippen LogP contribution in [0, 0.1) is 0 Å². The molecule has 0 aliphatic rings. The van der Waals surface area contributed by atoms with E-state index in [2.05, 4.69) is 9.97 Å². The van der Waals surface area contributed by atoms with E-state index in [1.54, 1.807) is 35.3 Å². The summed E-state index contributed by atoms with van der Waals surface area (Å²) in [5, 5.41) is 0.991. The first-order valence-corrected chi connectivity index (χ1v) is 5.97. The van der Waals surface area contributed by atoms with E-state index in [9.17, 15) is 4.79 Å². The average molecular weight is 248 g/mol. The van der Waals surface area contributed by atoms with Gasteiger partial charge < -0.3 is 10.3 Å². The molecule has 0 radical (unpaired) electrons. The van der Waals surface area contributed by atoms with E-state index >= 15 is 0 Å². The van der Waals surface area contributed by atoms with E-state index in [0.29, 0.717) is 22.3 Å². The Kier molecular flexibility index (Phi) is 3.43. The monoisotopic (exact) mass is 248 g/mol. The topological polar surface area (TPSA) is 73.8 Å². The van der Waals surface area contributed by atoms with Gasteiger partial charge in [-0.05, 0) is 30.8 Å². The van der Waals surface area contributed by atoms with Crippen LogP contribution in [0.2, 0.25) is 0 Å². The van der Waals surface area contributed by atoms with Gasteiger partial charge in [0.1, 0.15) is 5.03 Å². The van der Waals surface area contributed by atoms with Gasteiger partial charge in [0.25, 0.3) is 5.56 Å². The second-order valence-corrected chi connectivity index (χ2v) is 4.30. The molecule has 0 unspecified atom stereocenters. The Morgan fingerprint density at radius 2 is 2.12 bits per heavy atom. The summed E-state index contributed by atoms with van der Waals surface area (Å²) < 4.78 is 1.59. The maximum Gasteiger partial charge on any atom is 0.283 e. The van der Waals surface area contributed by atoms with Crippen molar-refractivity contribution in [3.05, 3.63) is 41.1 Å². The minimum atomic E-state index is -0.120. The van der Waals surface area contributed by atoms with Gasteiger partial charge in [-0.3, -0.25) is 4.79 Å². The van der Waals surface area contributed by atoms with Crippen molar-refractivity contribution in [2.24, 2.45) is 0 Å². The number of anilines is 1. The number of hydrogen-bond acceptors (Lipinski definition) is 5. The molecule has 2 heterocycles. The number of hydrogen-bond donors (Lipinski definition) is 1. The fourth-order valence-corrected chi connectivity index (χ4v) is 2.13. The minimum Gasteiger partial charge on any atom is -0.397 e. The molecule has 0 spiro atoms. The summed E-state index contributed by atoms with van der Waals surface area (Å²) in [5.74, 6) is 0. The van der Waals surface area contributed by atoms with Crippen molar-refractivity contribution in [2.45, 2.75) is 23.5 Å². The standard InChI is InChI=1S/C11H12N4OS/c1-2-15-7-6-14-10(11(15)16)17-9-8(12)4-3-5-13-9/h3-7H,2,12H2,1H3. The Balaban J connectivity index is 2.37. The Morgan fingerprint density at radius 1 is 1.35 bits per heavy atom. The zero-order valence-electron chi connectivity index (χ0n) is 9.33. The molecule has 0 fully saturated rings. The van der Waals surface area contributed by atoms with Crippen LogP contribution < -0.4 is 11.3 Å². The van der Waals surface area contributed by atoms with Crippen LogP contribution in [0.1, 0.15) is 6.92 Å². The Bertz CT molecular complexity index is 582. The normalized spacial score (nSPS) is 10.4. The summed E-state index contributed by atoms with van der Waals surface area (Å²) in [4.78, 5) is 20.1. The molecular formula is C11H12N4OS. The number of nitrogen functional groups attached to an aromatic ring is 1. The molecule has 0 saturated heterocycles. The van der Waals surface area contributed by atoms with E-state index in [4.69, 9.17) is 5.73 Å². The summed E-state index contributed by atoms with van der Waals surface area (Å²) in [7, 11) is 0. The van der Waals surface area contributed by atoms with Gasteiger partial charge in [-0.25, -0.2) is 9.97 Å². The molecule has 17 heavy (non-hydrogen) atoms. The third-order valence-electron chi connectivity index (χ3n) is 2.22. The van der Waals surface area contributed by atoms with Gasteiger partial charge in [-0.2, -0.15) is 0 Å². The molecule has 2 aromatic heterocycles. The van der Waals surface area contributed by atoms with Crippen molar-refractivity contribution in [2.75, 3.05) is 5.73 Å². The van der Waals surface area contributed by atoms with Crippen molar-refractivity contribution in [3.8, 4) is 0 Å². The minimum absolute atomic E-state index is 0.120.